The second-order valence-electron chi connectivity index (χ2n) is 4.54. The Morgan fingerprint density at radius 3 is 2.14 bits per heavy atom. The molecule has 22 heavy (non-hydrogen) atoms. The number of anilines is 1. The zero-order valence-electron chi connectivity index (χ0n) is 12.3. The number of hydrogen-bond donors (Lipinski definition) is 0. The summed E-state index contributed by atoms with van der Waals surface area (Å²) in [6, 6.07) is 18.2. The molecule has 0 aliphatic carbocycles. The van der Waals surface area contributed by atoms with E-state index >= 15 is 0 Å². The van der Waals surface area contributed by atoms with Crippen LogP contribution in [0.1, 0.15) is 5.56 Å². The van der Waals surface area contributed by atoms with Crippen LogP contribution in [0.3, 0.4) is 0 Å². The number of ether oxygens (including phenoxy) is 2. The van der Waals surface area contributed by atoms with Crippen LogP contribution in [0.2, 0.25) is 0 Å². The molecule has 0 aliphatic rings. The van der Waals surface area contributed by atoms with Crippen molar-refractivity contribution >= 4 is 17.7 Å². The first-order valence-corrected chi connectivity index (χ1v) is 6.81. The molecular formula is C17H17NO4. The lowest BCUT2D eigenvalue weighted by Crippen LogP contribution is -2.36. The molecule has 0 saturated heterocycles. The molecule has 5 nitrogen and oxygen atoms in total. The molecular weight excluding hydrogens is 282 g/mol. The Labute approximate surface area is 129 Å². The number of carbonyl (C=O) groups is 2. The van der Waals surface area contributed by atoms with Gasteiger partial charge in [-0.15, -0.1) is 0 Å². The van der Waals surface area contributed by atoms with Gasteiger partial charge >= 0.3 is 12.1 Å². The molecule has 0 aromatic heterocycles. The number of rotatable bonds is 5. The average Bonchev–Trinajstić information content (AvgIpc) is 2.59. The molecule has 0 fully saturated rings. The number of para-hydroxylation sites is 1. The van der Waals surface area contributed by atoms with Crippen molar-refractivity contribution in [2.24, 2.45) is 0 Å². The Morgan fingerprint density at radius 1 is 0.955 bits per heavy atom. The summed E-state index contributed by atoms with van der Waals surface area (Å²) < 4.78 is 9.90. The van der Waals surface area contributed by atoms with Gasteiger partial charge in [-0.1, -0.05) is 48.5 Å². The Hall–Kier alpha value is -2.82. The Bertz CT molecular complexity index is 613. The maximum absolute atomic E-state index is 12.3. The van der Waals surface area contributed by atoms with Crippen molar-refractivity contribution < 1.29 is 19.1 Å². The van der Waals surface area contributed by atoms with Crippen molar-refractivity contribution in [2.75, 3.05) is 18.6 Å². The van der Waals surface area contributed by atoms with Gasteiger partial charge in [-0.3, -0.25) is 9.69 Å². The molecule has 0 heterocycles. The second kappa shape index (κ2) is 7.83. The van der Waals surface area contributed by atoms with Crippen LogP contribution in [0.25, 0.3) is 0 Å². The van der Waals surface area contributed by atoms with E-state index in [-0.39, 0.29) is 13.2 Å². The number of methoxy groups -OCH3 is 1. The first-order valence-electron chi connectivity index (χ1n) is 6.81. The van der Waals surface area contributed by atoms with Gasteiger partial charge in [-0.2, -0.15) is 0 Å². The predicted molar refractivity (Wildman–Crippen MR) is 82.4 cm³/mol. The molecule has 2 aromatic carbocycles. The van der Waals surface area contributed by atoms with Gasteiger partial charge < -0.3 is 9.47 Å². The van der Waals surface area contributed by atoms with Crippen LogP contribution in [0.15, 0.2) is 60.7 Å². The van der Waals surface area contributed by atoms with Gasteiger partial charge in [0.1, 0.15) is 13.2 Å². The maximum atomic E-state index is 12.3. The lowest BCUT2D eigenvalue weighted by Gasteiger charge is -2.21. The van der Waals surface area contributed by atoms with E-state index in [1.54, 1.807) is 24.3 Å². The summed E-state index contributed by atoms with van der Waals surface area (Å²) in [7, 11) is 1.28. The van der Waals surface area contributed by atoms with Gasteiger partial charge in [-0.25, -0.2) is 4.79 Å². The summed E-state index contributed by atoms with van der Waals surface area (Å²) >= 11 is 0. The number of nitrogens with zero attached hydrogens (tertiary/aromatic N) is 1. The van der Waals surface area contributed by atoms with Crippen LogP contribution in [0, 0.1) is 0 Å². The van der Waals surface area contributed by atoms with Gasteiger partial charge in [0.25, 0.3) is 0 Å². The molecule has 2 aromatic rings. The number of amides is 1. The van der Waals surface area contributed by atoms with Gasteiger partial charge in [0.05, 0.1) is 7.11 Å². The second-order valence-corrected chi connectivity index (χ2v) is 4.54. The minimum absolute atomic E-state index is 0.143. The summed E-state index contributed by atoms with van der Waals surface area (Å²) in [5, 5.41) is 0. The molecule has 0 radical (unpaired) electrons. The minimum atomic E-state index is -0.597. The first kappa shape index (κ1) is 15.6. The molecule has 0 N–H and O–H groups in total. The minimum Gasteiger partial charge on any atom is -0.468 e. The molecule has 5 heteroatoms. The van der Waals surface area contributed by atoms with E-state index < -0.39 is 12.1 Å². The lowest BCUT2D eigenvalue weighted by molar-refractivity contribution is -0.138. The summed E-state index contributed by atoms with van der Waals surface area (Å²) in [6.07, 6.45) is -0.597. The van der Waals surface area contributed by atoms with Crippen LogP contribution >= 0.6 is 0 Å². The standard InChI is InChI=1S/C17H17NO4/c1-21-16(19)12-18(15-10-6-3-7-11-15)17(20)22-13-14-8-4-2-5-9-14/h2-11H,12-13H2,1H3. The quantitative estimate of drug-likeness (QED) is 0.796. The van der Waals surface area contributed by atoms with Crippen LogP contribution in [-0.2, 0) is 20.9 Å². The van der Waals surface area contributed by atoms with E-state index in [0.717, 1.165) is 5.56 Å². The largest absolute Gasteiger partial charge is 0.468 e. The van der Waals surface area contributed by atoms with Crippen LogP contribution in [0.5, 0.6) is 0 Å². The Morgan fingerprint density at radius 2 is 1.55 bits per heavy atom. The van der Waals surface area contributed by atoms with Crippen molar-refractivity contribution in [1.29, 1.82) is 0 Å². The summed E-state index contributed by atoms with van der Waals surface area (Å²) in [5.74, 6) is -0.513. The third-order valence-corrected chi connectivity index (χ3v) is 3.01. The van der Waals surface area contributed by atoms with E-state index in [9.17, 15) is 9.59 Å². The average molecular weight is 299 g/mol. The molecule has 0 spiro atoms. The van der Waals surface area contributed by atoms with Crippen LogP contribution in [-0.4, -0.2) is 25.7 Å². The SMILES string of the molecule is COC(=O)CN(C(=O)OCc1ccccc1)c1ccccc1. The van der Waals surface area contributed by atoms with Crippen LogP contribution in [0.4, 0.5) is 10.5 Å². The van der Waals surface area contributed by atoms with Crippen molar-refractivity contribution in [3.05, 3.63) is 66.2 Å². The fourth-order valence-electron chi connectivity index (χ4n) is 1.86. The van der Waals surface area contributed by atoms with Crippen molar-refractivity contribution in [2.45, 2.75) is 6.61 Å². The van der Waals surface area contributed by atoms with Gasteiger partial charge in [0, 0.05) is 5.69 Å². The molecule has 0 bridgehead atoms. The van der Waals surface area contributed by atoms with Crippen LogP contribution < -0.4 is 4.90 Å². The van der Waals surface area contributed by atoms with E-state index in [1.807, 2.05) is 36.4 Å². The van der Waals surface area contributed by atoms with Crippen molar-refractivity contribution in [3.63, 3.8) is 0 Å². The first-order chi connectivity index (χ1) is 10.7. The third kappa shape index (κ3) is 4.34. The molecule has 1 amide bonds. The molecule has 114 valence electrons. The zero-order valence-corrected chi connectivity index (χ0v) is 12.3. The maximum Gasteiger partial charge on any atom is 0.415 e. The van der Waals surface area contributed by atoms with Gasteiger partial charge in [0.15, 0.2) is 0 Å². The number of esters is 1. The van der Waals surface area contributed by atoms with E-state index in [2.05, 4.69) is 4.74 Å². The normalized spacial score (nSPS) is 9.86. The fourth-order valence-corrected chi connectivity index (χ4v) is 1.86. The third-order valence-electron chi connectivity index (χ3n) is 3.01. The highest BCUT2D eigenvalue weighted by molar-refractivity contribution is 5.93. The lowest BCUT2D eigenvalue weighted by atomic mass is 10.2. The summed E-state index contributed by atoms with van der Waals surface area (Å²) in [5.41, 5.74) is 1.45. The number of hydrogen-bond acceptors (Lipinski definition) is 4. The van der Waals surface area contributed by atoms with E-state index in [1.165, 1.54) is 12.0 Å². The summed E-state index contributed by atoms with van der Waals surface area (Å²) in [6.45, 7) is -0.0572. The molecule has 0 unspecified atom stereocenters. The zero-order chi connectivity index (χ0) is 15.8. The smallest absolute Gasteiger partial charge is 0.415 e. The van der Waals surface area contributed by atoms with E-state index in [0.29, 0.717) is 5.69 Å². The fraction of sp³-hybridized carbons (Fsp3) is 0.176. The van der Waals surface area contributed by atoms with Crippen molar-refractivity contribution in [1.82, 2.24) is 0 Å². The summed E-state index contributed by atoms with van der Waals surface area (Å²) in [4.78, 5) is 25.0. The highest BCUT2D eigenvalue weighted by Gasteiger charge is 2.20. The Balaban J connectivity index is 2.07. The van der Waals surface area contributed by atoms with Gasteiger partial charge in [0.2, 0.25) is 0 Å². The number of carbonyl (C=O) groups excluding carboxylic acids is 2. The number of benzene rings is 2. The molecule has 2 rings (SSSR count). The topological polar surface area (TPSA) is 55.8 Å². The Kier molecular flexibility index (Phi) is 5.54. The predicted octanol–water partition coefficient (Wildman–Crippen LogP) is 3.00. The van der Waals surface area contributed by atoms with Gasteiger partial charge in [-0.05, 0) is 17.7 Å². The highest BCUT2D eigenvalue weighted by atomic mass is 16.6. The van der Waals surface area contributed by atoms with Crippen molar-refractivity contribution in [3.8, 4) is 0 Å². The monoisotopic (exact) mass is 299 g/mol. The van der Waals surface area contributed by atoms with E-state index in [4.69, 9.17) is 4.74 Å². The molecule has 0 atom stereocenters. The molecule has 0 saturated carbocycles. The highest BCUT2D eigenvalue weighted by Crippen LogP contribution is 2.15. The molecule has 0 aliphatic heterocycles.